The molecular formula is C24H34N4O2. The minimum absolute atomic E-state index is 0.179. The van der Waals surface area contributed by atoms with Gasteiger partial charge in [-0.15, -0.1) is 0 Å². The summed E-state index contributed by atoms with van der Waals surface area (Å²) >= 11 is 0. The number of carbonyl (C=O) groups excluding carboxylic acids is 1. The third-order valence-corrected chi connectivity index (χ3v) is 6.23. The monoisotopic (exact) mass is 410 g/mol. The van der Waals surface area contributed by atoms with E-state index in [4.69, 9.17) is 9.84 Å². The van der Waals surface area contributed by atoms with Crippen LogP contribution in [0.2, 0.25) is 0 Å². The smallest absolute Gasteiger partial charge is 0.220 e. The van der Waals surface area contributed by atoms with Crippen LogP contribution in [-0.2, 0) is 42.1 Å². The number of hydrogen-bond acceptors (Lipinski definition) is 4. The molecule has 0 spiro atoms. The van der Waals surface area contributed by atoms with Gasteiger partial charge in [-0.05, 0) is 44.7 Å². The number of aromatic nitrogens is 2. The molecule has 6 nitrogen and oxygen atoms in total. The Kier molecular flexibility index (Phi) is 7.18. The Morgan fingerprint density at radius 1 is 1.30 bits per heavy atom. The van der Waals surface area contributed by atoms with Crippen LogP contribution in [0, 0.1) is 0 Å². The van der Waals surface area contributed by atoms with Crippen molar-refractivity contribution in [3.05, 3.63) is 52.8 Å². The summed E-state index contributed by atoms with van der Waals surface area (Å²) in [6.07, 6.45) is 5.58. The fourth-order valence-electron chi connectivity index (χ4n) is 4.69. The van der Waals surface area contributed by atoms with Crippen LogP contribution in [0.4, 0.5) is 0 Å². The number of likely N-dealkylation sites (tertiary alicyclic amines) is 1. The highest BCUT2D eigenvalue weighted by Gasteiger charge is 2.25. The molecule has 2 aliphatic rings. The molecule has 0 saturated carbocycles. The van der Waals surface area contributed by atoms with Crippen molar-refractivity contribution in [2.45, 2.75) is 71.2 Å². The van der Waals surface area contributed by atoms with Gasteiger partial charge in [0.05, 0.1) is 18.9 Å². The molecule has 1 saturated heterocycles. The number of fused-ring (bicyclic) bond motifs is 1. The third-order valence-electron chi connectivity index (χ3n) is 6.23. The van der Waals surface area contributed by atoms with Crippen LogP contribution >= 0.6 is 0 Å². The van der Waals surface area contributed by atoms with Crippen molar-refractivity contribution in [3.8, 4) is 0 Å². The van der Waals surface area contributed by atoms with Gasteiger partial charge in [0.15, 0.2) is 0 Å². The van der Waals surface area contributed by atoms with Gasteiger partial charge in [-0.2, -0.15) is 5.10 Å². The number of nitrogens with one attached hydrogen (secondary N) is 1. The molecule has 1 atom stereocenters. The molecule has 1 amide bonds. The molecular weight excluding hydrogens is 376 g/mol. The number of benzene rings is 1. The van der Waals surface area contributed by atoms with Crippen LogP contribution < -0.4 is 5.32 Å². The zero-order valence-corrected chi connectivity index (χ0v) is 18.1. The van der Waals surface area contributed by atoms with E-state index in [0.717, 1.165) is 70.6 Å². The number of rotatable bonds is 8. The highest BCUT2D eigenvalue weighted by Crippen LogP contribution is 2.23. The van der Waals surface area contributed by atoms with E-state index in [1.165, 1.54) is 16.8 Å². The summed E-state index contributed by atoms with van der Waals surface area (Å²) < 4.78 is 7.84. The van der Waals surface area contributed by atoms with Crippen LogP contribution in [0.15, 0.2) is 30.3 Å². The fraction of sp³-hybridized carbons (Fsp3) is 0.583. The van der Waals surface area contributed by atoms with E-state index in [1.54, 1.807) is 0 Å². The second kappa shape index (κ2) is 10.2. The molecule has 1 fully saturated rings. The minimum atomic E-state index is 0.179. The van der Waals surface area contributed by atoms with E-state index < -0.39 is 0 Å². The number of ether oxygens (including phenoxy) is 1. The van der Waals surface area contributed by atoms with E-state index in [9.17, 15) is 4.79 Å². The van der Waals surface area contributed by atoms with Gasteiger partial charge >= 0.3 is 0 Å². The molecule has 2 aromatic rings. The Morgan fingerprint density at radius 3 is 3.00 bits per heavy atom. The zero-order chi connectivity index (χ0) is 20.8. The average molecular weight is 411 g/mol. The summed E-state index contributed by atoms with van der Waals surface area (Å²) in [6.45, 7) is 7.34. The van der Waals surface area contributed by atoms with Gasteiger partial charge in [-0.3, -0.25) is 14.4 Å². The summed E-state index contributed by atoms with van der Waals surface area (Å²) in [4.78, 5) is 14.9. The van der Waals surface area contributed by atoms with Gasteiger partial charge in [0.1, 0.15) is 0 Å². The minimum Gasteiger partial charge on any atom is -0.376 e. The topological polar surface area (TPSA) is 59.4 Å². The van der Waals surface area contributed by atoms with Crippen molar-refractivity contribution in [1.82, 2.24) is 20.0 Å². The molecule has 6 heteroatoms. The summed E-state index contributed by atoms with van der Waals surface area (Å²) in [5.41, 5.74) is 5.09. The quantitative estimate of drug-likeness (QED) is 0.727. The first kappa shape index (κ1) is 21.1. The molecule has 0 bridgehead atoms. The Hall–Kier alpha value is -2.18. The summed E-state index contributed by atoms with van der Waals surface area (Å²) in [7, 11) is 0. The maximum atomic E-state index is 12.4. The van der Waals surface area contributed by atoms with Crippen molar-refractivity contribution in [2.24, 2.45) is 0 Å². The number of nitrogens with zero attached hydrogens (tertiary/aromatic N) is 3. The van der Waals surface area contributed by atoms with Gasteiger partial charge < -0.3 is 10.1 Å². The van der Waals surface area contributed by atoms with E-state index in [1.807, 2.05) is 6.07 Å². The third kappa shape index (κ3) is 5.29. The van der Waals surface area contributed by atoms with Crippen LogP contribution in [0.3, 0.4) is 0 Å². The van der Waals surface area contributed by atoms with E-state index in [2.05, 4.69) is 46.1 Å². The SMILES string of the molecule is CCn1nc(CN2CCCC(NC(=O)CCCc3ccccc3)C2)c2c1CCOC2. The van der Waals surface area contributed by atoms with E-state index in [0.29, 0.717) is 13.0 Å². The maximum absolute atomic E-state index is 12.4. The summed E-state index contributed by atoms with van der Waals surface area (Å²) in [6, 6.07) is 10.6. The average Bonchev–Trinajstić information content (AvgIpc) is 3.12. The number of piperidine rings is 1. The lowest BCUT2D eigenvalue weighted by Gasteiger charge is -2.33. The predicted molar refractivity (Wildman–Crippen MR) is 117 cm³/mol. The van der Waals surface area contributed by atoms with Crippen molar-refractivity contribution >= 4 is 5.91 Å². The Balaban J connectivity index is 1.26. The van der Waals surface area contributed by atoms with Gasteiger partial charge in [-0.1, -0.05) is 30.3 Å². The van der Waals surface area contributed by atoms with Crippen molar-refractivity contribution in [3.63, 3.8) is 0 Å². The van der Waals surface area contributed by atoms with Crippen LogP contribution in [0.5, 0.6) is 0 Å². The van der Waals surface area contributed by atoms with Crippen LogP contribution in [0.1, 0.15) is 55.1 Å². The lowest BCUT2D eigenvalue weighted by molar-refractivity contribution is -0.122. The first-order valence-electron chi connectivity index (χ1n) is 11.4. The molecule has 0 aliphatic carbocycles. The van der Waals surface area contributed by atoms with Crippen molar-refractivity contribution in [1.29, 1.82) is 0 Å². The maximum Gasteiger partial charge on any atom is 0.220 e. The number of aryl methyl sites for hydroxylation is 2. The molecule has 0 radical (unpaired) electrons. The molecule has 1 N–H and O–H groups in total. The lowest BCUT2D eigenvalue weighted by Crippen LogP contribution is -2.47. The van der Waals surface area contributed by atoms with Crippen LogP contribution in [0.25, 0.3) is 0 Å². The zero-order valence-electron chi connectivity index (χ0n) is 18.1. The molecule has 3 heterocycles. The molecule has 1 unspecified atom stereocenters. The van der Waals surface area contributed by atoms with E-state index >= 15 is 0 Å². The second-order valence-electron chi connectivity index (χ2n) is 8.47. The Bertz CT molecular complexity index is 833. The molecule has 1 aromatic carbocycles. The highest BCUT2D eigenvalue weighted by atomic mass is 16.5. The number of carbonyl (C=O) groups is 1. The van der Waals surface area contributed by atoms with Crippen molar-refractivity contribution in [2.75, 3.05) is 19.7 Å². The molecule has 4 rings (SSSR count). The predicted octanol–water partition coefficient (Wildman–Crippen LogP) is 3.08. The van der Waals surface area contributed by atoms with E-state index in [-0.39, 0.29) is 11.9 Å². The van der Waals surface area contributed by atoms with Crippen molar-refractivity contribution < 1.29 is 9.53 Å². The lowest BCUT2D eigenvalue weighted by atomic mass is 10.0. The first-order chi connectivity index (χ1) is 14.7. The summed E-state index contributed by atoms with van der Waals surface area (Å²) in [5, 5.41) is 8.14. The fourth-order valence-corrected chi connectivity index (χ4v) is 4.69. The number of amides is 1. The molecule has 1 aromatic heterocycles. The first-order valence-corrected chi connectivity index (χ1v) is 11.4. The van der Waals surface area contributed by atoms with Crippen LogP contribution in [-0.4, -0.2) is 46.3 Å². The Morgan fingerprint density at radius 2 is 2.17 bits per heavy atom. The highest BCUT2D eigenvalue weighted by molar-refractivity contribution is 5.76. The number of hydrogen-bond donors (Lipinski definition) is 1. The van der Waals surface area contributed by atoms with Gasteiger partial charge in [-0.25, -0.2) is 0 Å². The Labute approximate surface area is 179 Å². The second-order valence-corrected chi connectivity index (χ2v) is 8.47. The summed E-state index contributed by atoms with van der Waals surface area (Å²) in [5.74, 6) is 0.179. The van der Waals surface area contributed by atoms with Gasteiger partial charge in [0, 0.05) is 49.8 Å². The standard InChI is InChI=1S/C24H34N4O2/c1-2-28-23-13-15-30-18-21(23)22(26-28)17-27-14-7-11-20(16-27)25-24(29)12-6-10-19-8-4-3-5-9-19/h3-5,8-9,20H,2,6-7,10-18H2,1H3,(H,25,29). The molecule has 30 heavy (non-hydrogen) atoms. The molecule has 2 aliphatic heterocycles. The van der Waals surface area contributed by atoms with Gasteiger partial charge in [0.2, 0.25) is 5.91 Å². The molecule has 162 valence electrons. The van der Waals surface area contributed by atoms with Gasteiger partial charge in [0.25, 0.3) is 0 Å². The normalized spacial score (nSPS) is 19.4. The largest absolute Gasteiger partial charge is 0.376 e.